The molecule has 7 nitrogen and oxygen atoms in total. The van der Waals surface area contributed by atoms with Crippen LogP contribution in [0.3, 0.4) is 0 Å². The van der Waals surface area contributed by atoms with Crippen LogP contribution in [0.4, 0.5) is 5.69 Å². The van der Waals surface area contributed by atoms with Gasteiger partial charge >= 0.3 is 0 Å². The minimum absolute atomic E-state index is 0.123. The summed E-state index contributed by atoms with van der Waals surface area (Å²) in [5.74, 6) is 2.33. The molecule has 2 aromatic carbocycles. The number of allylic oxidation sites excluding steroid dienone is 1. The van der Waals surface area contributed by atoms with Crippen molar-refractivity contribution in [3.63, 3.8) is 0 Å². The van der Waals surface area contributed by atoms with E-state index in [0.717, 1.165) is 30.0 Å². The molecule has 33 heavy (non-hydrogen) atoms. The average Bonchev–Trinajstić information content (AvgIpc) is 3.21. The minimum Gasteiger partial charge on any atom is -0.494 e. The SMILES string of the molecule is C=CCn1c(COc2ccc(CCC)cc2)nnc1SCC(=O)Nc1ccc(OCC)cc1. The summed E-state index contributed by atoms with van der Waals surface area (Å²) in [5, 5.41) is 12.0. The first-order valence-electron chi connectivity index (χ1n) is 11.0. The second-order valence-corrected chi connectivity index (χ2v) is 8.22. The molecule has 3 aromatic rings. The number of nitrogens with zero attached hydrogens (tertiary/aromatic N) is 3. The molecule has 0 atom stereocenters. The highest BCUT2D eigenvalue weighted by atomic mass is 32.2. The summed E-state index contributed by atoms with van der Waals surface area (Å²) in [4.78, 5) is 12.4. The number of hydrogen-bond acceptors (Lipinski definition) is 6. The van der Waals surface area contributed by atoms with Gasteiger partial charge in [-0.05, 0) is 55.3 Å². The van der Waals surface area contributed by atoms with Crippen molar-refractivity contribution in [2.45, 2.75) is 45.0 Å². The van der Waals surface area contributed by atoms with E-state index in [1.165, 1.54) is 17.3 Å². The summed E-state index contributed by atoms with van der Waals surface area (Å²) >= 11 is 1.32. The van der Waals surface area contributed by atoms with Gasteiger partial charge in [0.2, 0.25) is 5.91 Å². The quantitative estimate of drug-likeness (QED) is 0.278. The van der Waals surface area contributed by atoms with Crippen LogP contribution in [-0.4, -0.2) is 33.0 Å². The average molecular weight is 467 g/mol. The van der Waals surface area contributed by atoms with Crippen molar-refractivity contribution in [1.29, 1.82) is 0 Å². The number of benzene rings is 2. The molecule has 1 N–H and O–H groups in total. The van der Waals surface area contributed by atoms with Crippen LogP contribution in [0.15, 0.2) is 66.3 Å². The number of amides is 1. The van der Waals surface area contributed by atoms with Gasteiger partial charge in [-0.25, -0.2) is 0 Å². The lowest BCUT2D eigenvalue weighted by Crippen LogP contribution is -2.15. The van der Waals surface area contributed by atoms with Gasteiger partial charge in [0.15, 0.2) is 11.0 Å². The number of rotatable bonds is 13. The topological polar surface area (TPSA) is 78.3 Å². The van der Waals surface area contributed by atoms with Crippen LogP contribution < -0.4 is 14.8 Å². The maximum atomic E-state index is 12.4. The smallest absolute Gasteiger partial charge is 0.234 e. The van der Waals surface area contributed by atoms with Crippen LogP contribution >= 0.6 is 11.8 Å². The Morgan fingerprint density at radius 3 is 2.42 bits per heavy atom. The number of nitrogens with one attached hydrogen (secondary N) is 1. The van der Waals surface area contributed by atoms with Gasteiger partial charge in [-0.2, -0.15) is 0 Å². The van der Waals surface area contributed by atoms with Crippen LogP contribution in [0, 0.1) is 0 Å². The predicted octanol–water partition coefficient (Wildman–Crippen LogP) is 5.13. The van der Waals surface area contributed by atoms with E-state index in [1.54, 1.807) is 6.08 Å². The van der Waals surface area contributed by atoms with Crippen molar-refractivity contribution in [3.8, 4) is 11.5 Å². The number of thioether (sulfide) groups is 1. The fraction of sp³-hybridized carbons (Fsp3) is 0.320. The molecule has 0 bridgehead atoms. The first kappa shape index (κ1) is 24.4. The van der Waals surface area contributed by atoms with Crippen LogP contribution in [0.25, 0.3) is 0 Å². The van der Waals surface area contributed by atoms with E-state index < -0.39 is 0 Å². The number of carbonyl (C=O) groups is 1. The third-order valence-electron chi connectivity index (χ3n) is 4.72. The zero-order valence-electron chi connectivity index (χ0n) is 19.1. The van der Waals surface area contributed by atoms with E-state index in [0.29, 0.717) is 24.1 Å². The number of ether oxygens (including phenoxy) is 2. The number of hydrogen-bond donors (Lipinski definition) is 1. The second-order valence-electron chi connectivity index (χ2n) is 7.27. The van der Waals surface area contributed by atoms with E-state index in [9.17, 15) is 4.79 Å². The molecule has 0 fully saturated rings. The Morgan fingerprint density at radius 1 is 1.06 bits per heavy atom. The van der Waals surface area contributed by atoms with E-state index in [4.69, 9.17) is 9.47 Å². The lowest BCUT2D eigenvalue weighted by Gasteiger charge is -2.10. The molecule has 0 spiro atoms. The fourth-order valence-corrected chi connectivity index (χ4v) is 3.93. The molecular formula is C25H30N4O3S. The van der Waals surface area contributed by atoms with Crippen LogP contribution in [0.2, 0.25) is 0 Å². The van der Waals surface area contributed by atoms with Crippen molar-refractivity contribution >= 4 is 23.4 Å². The van der Waals surface area contributed by atoms with Gasteiger partial charge in [-0.3, -0.25) is 9.36 Å². The van der Waals surface area contributed by atoms with Crippen molar-refractivity contribution < 1.29 is 14.3 Å². The third-order valence-corrected chi connectivity index (χ3v) is 5.68. The van der Waals surface area contributed by atoms with Gasteiger partial charge in [0.25, 0.3) is 0 Å². The molecule has 3 rings (SSSR count). The Hall–Kier alpha value is -3.26. The summed E-state index contributed by atoms with van der Waals surface area (Å²) < 4.78 is 13.2. The van der Waals surface area contributed by atoms with Gasteiger partial charge in [-0.15, -0.1) is 16.8 Å². The van der Waals surface area contributed by atoms with Crippen molar-refractivity contribution in [1.82, 2.24) is 14.8 Å². The number of carbonyl (C=O) groups excluding carboxylic acids is 1. The highest BCUT2D eigenvalue weighted by Gasteiger charge is 2.14. The lowest BCUT2D eigenvalue weighted by atomic mass is 10.1. The molecule has 0 saturated carbocycles. The van der Waals surface area contributed by atoms with E-state index in [-0.39, 0.29) is 18.3 Å². The Kier molecular flexibility index (Phi) is 9.38. The Balaban J connectivity index is 1.55. The molecule has 1 heterocycles. The first-order valence-corrected chi connectivity index (χ1v) is 12.0. The Morgan fingerprint density at radius 2 is 1.76 bits per heavy atom. The van der Waals surface area contributed by atoms with Crippen LogP contribution in [-0.2, 0) is 24.4 Å². The zero-order valence-corrected chi connectivity index (χ0v) is 19.9. The van der Waals surface area contributed by atoms with E-state index >= 15 is 0 Å². The molecule has 174 valence electrons. The third kappa shape index (κ3) is 7.39. The van der Waals surface area contributed by atoms with E-state index in [1.807, 2.05) is 47.9 Å². The molecule has 1 aromatic heterocycles. The van der Waals surface area contributed by atoms with Gasteiger partial charge in [0, 0.05) is 12.2 Å². The Bertz CT molecular complexity index is 1030. The van der Waals surface area contributed by atoms with Gasteiger partial charge in [0.05, 0.1) is 12.4 Å². The largest absolute Gasteiger partial charge is 0.494 e. The molecule has 0 radical (unpaired) electrons. The highest BCUT2D eigenvalue weighted by Crippen LogP contribution is 2.21. The van der Waals surface area contributed by atoms with Crippen molar-refractivity contribution in [2.24, 2.45) is 0 Å². The standard InChI is InChI=1S/C25H30N4O3S/c1-4-7-19-8-12-22(13-9-19)32-17-23-27-28-25(29(23)16-5-2)33-18-24(30)26-20-10-14-21(15-11-20)31-6-3/h5,8-15H,2,4,6-7,16-18H2,1,3H3,(H,26,30). The second kappa shape index (κ2) is 12.7. The first-order chi connectivity index (χ1) is 16.1. The van der Waals surface area contributed by atoms with Crippen molar-refractivity contribution in [2.75, 3.05) is 17.7 Å². The van der Waals surface area contributed by atoms with Gasteiger partial charge in [0.1, 0.15) is 18.1 Å². The molecule has 0 aliphatic heterocycles. The summed E-state index contributed by atoms with van der Waals surface area (Å²) in [5.41, 5.74) is 2.01. The molecule has 0 unspecified atom stereocenters. The van der Waals surface area contributed by atoms with Crippen molar-refractivity contribution in [3.05, 3.63) is 72.6 Å². The summed E-state index contributed by atoms with van der Waals surface area (Å²) in [6.07, 6.45) is 3.95. The fourth-order valence-electron chi connectivity index (χ4n) is 3.16. The summed E-state index contributed by atoms with van der Waals surface area (Å²) in [6.45, 7) is 9.33. The highest BCUT2D eigenvalue weighted by molar-refractivity contribution is 7.99. The lowest BCUT2D eigenvalue weighted by molar-refractivity contribution is -0.113. The van der Waals surface area contributed by atoms with Gasteiger partial charge in [-0.1, -0.05) is 43.3 Å². The van der Waals surface area contributed by atoms with Crippen LogP contribution in [0.1, 0.15) is 31.7 Å². The number of aromatic nitrogens is 3. The maximum Gasteiger partial charge on any atom is 0.234 e. The van der Waals surface area contributed by atoms with Crippen LogP contribution in [0.5, 0.6) is 11.5 Å². The van der Waals surface area contributed by atoms with Gasteiger partial charge < -0.3 is 14.8 Å². The zero-order chi connectivity index (χ0) is 23.5. The summed E-state index contributed by atoms with van der Waals surface area (Å²) in [7, 11) is 0. The molecule has 0 saturated heterocycles. The molecule has 0 aliphatic carbocycles. The molecular weight excluding hydrogens is 436 g/mol. The maximum absolute atomic E-state index is 12.4. The summed E-state index contributed by atoms with van der Waals surface area (Å²) in [6, 6.07) is 15.4. The van der Waals surface area contributed by atoms with E-state index in [2.05, 4.69) is 41.1 Å². The molecule has 0 aliphatic rings. The predicted molar refractivity (Wildman–Crippen MR) is 132 cm³/mol. The minimum atomic E-state index is -0.123. The number of aryl methyl sites for hydroxylation is 1. The molecule has 1 amide bonds. The molecule has 8 heteroatoms. The number of anilines is 1. The normalized spacial score (nSPS) is 10.6. The Labute approximate surface area is 199 Å². The monoisotopic (exact) mass is 466 g/mol.